The molecular weight excluding hydrogens is 357 g/mol. The monoisotopic (exact) mass is 379 g/mol. The molecule has 1 aromatic heterocycles. The van der Waals surface area contributed by atoms with Crippen molar-refractivity contribution in [3.63, 3.8) is 0 Å². The Morgan fingerprint density at radius 1 is 0.929 bits per heavy atom. The van der Waals surface area contributed by atoms with Crippen LogP contribution >= 0.6 is 0 Å². The molecule has 144 valence electrons. The lowest BCUT2D eigenvalue weighted by Crippen LogP contribution is -2.44. The molecule has 8 heteroatoms. The number of nitrogens with one attached hydrogen (secondary N) is 2. The van der Waals surface area contributed by atoms with Crippen molar-refractivity contribution >= 4 is 28.8 Å². The summed E-state index contributed by atoms with van der Waals surface area (Å²) in [6.07, 6.45) is 1.45. The molecule has 1 aliphatic rings. The number of anilines is 5. The molecule has 0 bridgehead atoms. The summed E-state index contributed by atoms with van der Waals surface area (Å²) >= 11 is 0. The SMILES string of the molecule is CN1CCN(c2ccc(Nc3nncc(Nc4ccccc4F)n3)cc2)CC1. The summed E-state index contributed by atoms with van der Waals surface area (Å²) in [6.45, 7) is 4.20. The second-order valence-electron chi connectivity index (χ2n) is 6.73. The summed E-state index contributed by atoms with van der Waals surface area (Å²) in [6, 6.07) is 14.6. The van der Waals surface area contributed by atoms with Gasteiger partial charge in [0.15, 0.2) is 5.82 Å². The third-order valence-corrected chi connectivity index (χ3v) is 4.69. The Morgan fingerprint density at radius 3 is 2.43 bits per heavy atom. The van der Waals surface area contributed by atoms with E-state index in [1.165, 1.54) is 18.0 Å². The zero-order valence-corrected chi connectivity index (χ0v) is 15.6. The van der Waals surface area contributed by atoms with Crippen LogP contribution in [0.25, 0.3) is 0 Å². The van der Waals surface area contributed by atoms with Gasteiger partial charge in [0.25, 0.3) is 0 Å². The van der Waals surface area contributed by atoms with E-state index in [0.717, 1.165) is 31.9 Å². The number of likely N-dealkylation sites (N-methyl/N-ethyl adjacent to an activating group) is 1. The van der Waals surface area contributed by atoms with Crippen molar-refractivity contribution in [3.8, 4) is 0 Å². The number of benzene rings is 2. The van der Waals surface area contributed by atoms with Gasteiger partial charge >= 0.3 is 0 Å². The van der Waals surface area contributed by atoms with Gasteiger partial charge in [-0.25, -0.2) is 4.39 Å². The molecule has 7 nitrogen and oxygen atoms in total. The van der Waals surface area contributed by atoms with Crippen LogP contribution in [0.2, 0.25) is 0 Å². The Labute approximate surface area is 163 Å². The van der Waals surface area contributed by atoms with Gasteiger partial charge < -0.3 is 20.4 Å². The molecular formula is C20H22FN7. The lowest BCUT2D eigenvalue weighted by molar-refractivity contribution is 0.313. The number of rotatable bonds is 5. The van der Waals surface area contributed by atoms with Crippen molar-refractivity contribution in [1.82, 2.24) is 20.1 Å². The number of aromatic nitrogens is 3. The average molecular weight is 379 g/mol. The third kappa shape index (κ3) is 4.34. The van der Waals surface area contributed by atoms with Gasteiger partial charge in [-0.1, -0.05) is 12.1 Å². The van der Waals surface area contributed by atoms with Crippen LogP contribution in [-0.4, -0.2) is 53.3 Å². The van der Waals surface area contributed by atoms with E-state index in [2.05, 4.69) is 54.8 Å². The Bertz CT molecular complexity index is 924. The molecule has 0 spiro atoms. The first-order valence-electron chi connectivity index (χ1n) is 9.19. The Hall–Kier alpha value is -3.26. The summed E-state index contributed by atoms with van der Waals surface area (Å²) in [4.78, 5) is 9.05. The number of piperazine rings is 1. The summed E-state index contributed by atoms with van der Waals surface area (Å²) in [7, 11) is 2.15. The highest BCUT2D eigenvalue weighted by Gasteiger charge is 2.14. The molecule has 0 amide bonds. The molecule has 2 aromatic carbocycles. The molecule has 0 saturated carbocycles. The normalized spacial score (nSPS) is 14.7. The average Bonchev–Trinajstić information content (AvgIpc) is 2.71. The van der Waals surface area contributed by atoms with Crippen LogP contribution in [0.4, 0.5) is 33.2 Å². The van der Waals surface area contributed by atoms with Crippen LogP contribution in [0, 0.1) is 5.82 Å². The third-order valence-electron chi connectivity index (χ3n) is 4.69. The fourth-order valence-electron chi connectivity index (χ4n) is 3.07. The van der Waals surface area contributed by atoms with Crippen LogP contribution in [0.5, 0.6) is 0 Å². The topological polar surface area (TPSA) is 69.2 Å². The summed E-state index contributed by atoms with van der Waals surface area (Å²) in [5.41, 5.74) is 2.40. The minimum atomic E-state index is -0.352. The van der Waals surface area contributed by atoms with Crippen LogP contribution in [0.15, 0.2) is 54.7 Å². The second kappa shape index (κ2) is 8.18. The minimum absolute atomic E-state index is 0.338. The van der Waals surface area contributed by atoms with Gasteiger partial charge in [-0.05, 0) is 43.4 Å². The van der Waals surface area contributed by atoms with E-state index in [1.54, 1.807) is 18.2 Å². The zero-order chi connectivity index (χ0) is 19.3. The van der Waals surface area contributed by atoms with Crippen LogP contribution < -0.4 is 15.5 Å². The molecule has 2 heterocycles. The smallest absolute Gasteiger partial charge is 0.249 e. The maximum absolute atomic E-state index is 13.8. The van der Waals surface area contributed by atoms with Gasteiger partial charge in [0.1, 0.15) is 5.82 Å². The van der Waals surface area contributed by atoms with Crippen molar-refractivity contribution in [2.24, 2.45) is 0 Å². The molecule has 0 unspecified atom stereocenters. The molecule has 4 rings (SSSR count). The maximum atomic E-state index is 13.8. The lowest BCUT2D eigenvalue weighted by Gasteiger charge is -2.34. The molecule has 0 atom stereocenters. The molecule has 28 heavy (non-hydrogen) atoms. The van der Waals surface area contributed by atoms with Crippen molar-refractivity contribution in [1.29, 1.82) is 0 Å². The van der Waals surface area contributed by atoms with E-state index in [9.17, 15) is 4.39 Å². The van der Waals surface area contributed by atoms with E-state index in [-0.39, 0.29) is 5.82 Å². The number of nitrogens with zero attached hydrogens (tertiary/aromatic N) is 5. The van der Waals surface area contributed by atoms with E-state index in [4.69, 9.17) is 0 Å². The van der Waals surface area contributed by atoms with Gasteiger partial charge in [0.05, 0.1) is 11.9 Å². The minimum Gasteiger partial charge on any atom is -0.369 e. The van der Waals surface area contributed by atoms with Crippen molar-refractivity contribution in [3.05, 3.63) is 60.5 Å². The van der Waals surface area contributed by atoms with E-state index < -0.39 is 0 Å². The molecule has 2 N–H and O–H groups in total. The summed E-state index contributed by atoms with van der Waals surface area (Å²) < 4.78 is 13.8. The van der Waals surface area contributed by atoms with Crippen molar-refractivity contribution in [2.45, 2.75) is 0 Å². The first kappa shape index (κ1) is 18.1. The Morgan fingerprint density at radius 2 is 1.68 bits per heavy atom. The highest BCUT2D eigenvalue weighted by atomic mass is 19.1. The van der Waals surface area contributed by atoms with Gasteiger partial charge in [-0.2, -0.15) is 10.1 Å². The number of hydrogen-bond acceptors (Lipinski definition) is 7. The molecule has 1 fully saturated rings. The first-order chi connectivity index (χ1) is 13.7. The molecule has 0 aliphatic carbocycles. The highest BCUT2D eigenvalue weighted by molar-refractivity contribution is 5.61. The van der Waals surface area contributed by atoms with E-state index in [0.29, 0.717) is 17.5 Å². The van der Waals surface area contributed by atoms with E-state index in [1.807, 2.05) is 12.1 Å². The molecule has 1 aliphatic heterocycles. The predicted molar refractivity (Wildman–Crippen MR) is 109 cm³/mol. The standard InChI is InChI=1S/C20H22FN7/c1-27-10-12-28(13-11-27)16-8-6-15(7-9-16)23-20-25-19(14-22-26-20)24-18-5-3-2-4-17(18)21/h2-9,14H,10-13H2,1H3,(H2,23,24,25,26). The molecule has 1 saturated heterocycles. The molecule has 3 aromatic rings. The number of hydrogen-bond donors (Lipinski definition) is 2. The fourth-order valence-corrected chi connectivity index (χ4v) is 3.07. The summed E-state index contributed by atoms with van der Waals surface area (Å²) in [5.74, 6) is 0.403. The fraction of sp³-hybridized carbons (Fsp3) is 0.250. The first-order valence-corrected chi connectivity index (χ1v) is 9.19. The van der Waals surface area contributed by atoms with Crippen LogP contribution in [0.1, 0.15) is 0 Å². The zero-order valence-electron chi connectivity index (χ0n) is 15.6. The van der Waals surface area contributed by atoms with Crippen LogP contribution in [0.3, 0.4) is 0 Å². The number of para-hydroxylation sites is 1. The number of halogens is 1. The Kier molecular flexibility index (Phi) is 5.29. The van der Waals surface area contributed by atoms with E-state index >= 15 is 0 Å². The lowest BCUT2D eigenvalue weighted by atomic mass is 10.2. The van der Waals surface area contributed by atoms with Gasteiger partial charge in [-0.15, -0.1) is 5.10 Å². The van der Waals surface area contributed by atoms with Gasteiger partial charge in [-0.3, -0.25) is 0 Å². The van der Waals surface area contributed by atoms with Gasteiger partial charge in [0.2, 0.25) is 5.95 Å². The quantitative estimate of drug-likeness (QED) is 0.705. The predicted octanol–water partition coefficient (Wildman–Crippen LogP) is 3.25. The largest absolute Gasteiger partial charge is 0.369 e. The maximum Gasteiger partial charge on any atom is 0.249 e. The molecule has 0 radical (unpaired) electrons. The van der Waals surface area contributed by atoms with Crippen molar-refractivity contribution < 1.29 is 4.39 Å². The second-order valence-corrected chi connectivity index (χ2v) is 6.73. The van der Waals surface area contributed by atoms with Crippen molar-refractivity contribution in [2.75, 3.05) is 48.8 Å². The van der Waals surface area contributed by atoms with Crippen LogP contribution in [-0.2, 0) is 0 Å². The highest BCUT2D eigenvalue weighted by Crippen LogP contribution is 2.22. The van der Waals surface area contributed by atoms with Gasteiger partial charge in [0, 0.05) is 37.6 Å². The summed E-state index contributed by atoms with van der Waals surface area (Å²) in [5, 5.41) is 14.0. The Balaban J connectivity index is 1.42.